The number of hydrogen-bond acceptors (Lipinski definition) is 3. The molecule has 0 fully saturated rings. The Morgan fingerprint density at radius 1 is 0.941 bits per heavy atom. The molecule has 0 aliphatic heterocycles. The molecule has 0 saturated heterocycles. The molecule has 0 heterocycles. The molecular weight excluding hydrogens is 230 g/mol. The normalized spacial score (nSPS) is 13.4. The van der Waals surface area contributed by atoms with Crippen LogP contribution >= 0.6 is 12.6 Å². The van der Waals surface area contributed by atoms with Crippen molar-refractivity contribution >= 4 is 18.3 Å². The second-order valence-corrected chi connectivity index (χ2v) is 4.18. The molecule has 2 rings (SSSR count). The molecule has 0 saturated carbocycles. The summed E-state index contributed by atoms with van der Waals surface area (Å²) in [4.78, 5) is 0. The SMILES string of the molecule is O/N=C(\c1ccccc1)C(S)c1ccccc1. The van der Waals surface area contributed by atoms with Crippen LogP contribution in [0.3, 0.4) is 0 Å². The lowest BCUT2D eigenvalue weighted by atomic mass is 10.0. The van der Waals surface area contributed by atoms with Crippen molar-refractivity contribution in [3.8, 4) is 0 Å². The summed E-state index contributed by atoms with van der Waals surface area (Å²) in [6, 6.07) is 19.3. The van der Waals surface area contributed by atoms with Crippen LogP contribution in [0.5, 0.6) is 0 Å². The first-order valence-electron chi connectivity index (χ1n) is 5.33. The van der Waals surface area contributed by atoms with E-state index in [1.54, 1.807) is 0 Å². The molecule has 17 heavy (non-hydrogen) atoms. The van der Waals surface area contributed by atoms with Crippen LogP contribution in [0.25, 0.3) is 0 Å². The van der Waals surface area contributed by atoms with E-state index in [-0.39, 0.29) is 5.25 Å². The van der Waals surface area contributed by atoms with E-state index in [1.807, 2.05) is 60.7 Å². The van der Waals surface area contributed by atoms with Gasteiger partial charge in [-0.25, -0.2) is 0 Å². The molecule has 1 unspecified atom stereocenters. The van der Waals surface area contributed by atoms with Crippen molar-refractivity contribution < 1.29 is 5.21 Å². The van der Waals surface area contributed by atoms with Crippen LogP contribution in [0.2, 0.25) is 0 Å². The molecule has 2 aromatic rings. The summed E-state index contributed by atoms with van der Waals surface area (Å²) >= 11 is 4.52. The fraction of sp³-hybridized carbons (Fsp3) is 0.0714. The number of benzene rings is 2. The van der Waals surface area contributed by atoms with Gasteiger partial charge in [-0.15, -0.1) is 0 Å². The van der Waals surface area contributed by atoms with Gasteiger partial charge in [0.15, 0.2) is 0 Å². The first-order chi connectivity index (χ1) is 8.33. The Hall–Kier alpha value is -1.74. The fourth-order valence-electron chi connectivity index (χ4n) is 1.67. The molecule has 0 spiro atoms. The van der Waals surface area contributed by atoms with E-state index in [0.29, 0.717) is 5.71 Å². The summed E-state index contributed by atoms with van der Waals surface area (Å²) in [5.74, 6) is 0. The summed E-state index contributed by atoms with van der Waals surface area (Å²) in [5.41, 5.74) is 2.44. The highest BCUT2D eigenvalue weighted by Gasteiger charge is 2.16. The highest BCUT2D eigenvalue weighted by Crippen LogP contribution is 2.24. The number of rotatable bonds is 3. The molecule has 1 atom stereocenters. The lowest BCUT2D eigenvalue weighted by Crippen LogP contribution is -2.09. The Kier molecular flexibility index (Phi) is 3.83. The summed E-state index contributed by atoms with van der Waals surface area (Å²) in [7, 11) is 0. The molecule has 2 aromatic carbocycles. The Labute approximate surface area is 106 Å². The van der Waals surface area contributed by atoms with Gasteiger partial charge < -0.3 is 5.21 Å². The van der Waals surface area contributed by atoms with Crippen molar-refractivity contribution in [3.05, 3.63) is 71.8 Å². The van der Waals surface area contributed by atoms with Crippen molar-refractivity contribution in [3.63, 3.8) is 0 Å². The van der Waals surface area contributed by atoms with Gasteiger partial charge in [0.25, 0.3) is 0 Å². The van der Waals surface area contributed by atoms with E-state index in [2.05, 4.69) is 17.8 Å². The van der Waals surface area contributed by atoms with Crippen molar-refractivity contribution in [1.82, 2.24) is 0 Å². The molecule has 0 aliphatic carbocycles. The molecule has 0 radical (unpaired) electrons. The van der Waals surface area contributed by atoms with Gasteiger partial charge in [0.1, 0.15) is 5.71 Å². The van der Waals surface area contributed by atoms with Crippen LogP contribution in [0.15, 0.2) is 65.8 Å². The summed E-state index contributed by atoms with van der Waals surface area (Å²) in [5, 5.41) is 12.3. The van der Waals surface area contributed by atoms with E-state index in [4.69, 9.17) is 5.21 Å². The Morgan fingerprint density at radius 2 is 1.47 bits per heavy atom. The van der Waals surface area contributed by atoms with Gasteiger partial charge in [0.05, 0.1) is 5.25 Å². The molecule has 1 N–H and O–H groups in total. The van der Waals surface area contributed by atoms with Crippen molar-refractivity contribution in [2.24, 2.45) is 5.16 Å². The summed E-state index contributed by atoms with van der Waals surface area (Å²) in [6.07, 6.45) is 0. The maximum Gasteiger partial charge on any atom is 0.104 e. The molecule has 0 bridgehead atoms. The molecule has 0 amide bonds. The van der Waals surface area contributed by atoms with Gasteiger partial charge in [0.2, 0.25) is 0 Å². The molecular formula is C14H13NOS. The zero-order chi connectivity index (χ0) is 12.1. The largest absolute Gasteiger partial charge is 0.411 e. The summed E-state index contributed by atoms with van der Waals surface area (Å²) < 4.78 is 0. The zero-order valence-electron chi connectivity index (χ0n) is 9.19. The van der Waals surface area contributed by atoms with E-state index >= 15 is 0 Å². The number of thiol groups is 1. The zero-order valence-corrected chi connectivity index (χ0v) is 10.1. The molecule has 2 nitrogen and oxygen atoms in total. The summed E-state index contributed by atoms with van der Waals surface area (Å²) in [6.45, 7) is 0. The third-order valence-electron chi connectivity index (χ3n) is 2.55. The number of oxime groups is 1. The third kappa shape index (κ3) is 2.68. The van der Waals surface area contributed by atoms with Crippen molar-refractivity contribution in [1.29, 1.82) is 0 Å². The van der Waals surface area contributed by atoms with Crippen LogP contribution in [0.4, 0.5) is 0 Å². The quantitative estimate of drug-likeness (QED) is 0.367. The molecule has 0 aliphatic rings. The average molecular weight is 243 g/mol. The van der Waals surface area contributed by atoms with Gasteiger partial charge in [-0.2, -0.15) is 12.6 Å². The highest BCUT2D eigenvalue weighted by molar-refractivity contribution is 7.81. The lowest BCUT2D eigenvalue weighted by Gasteiger charge is -2.12. The fourth-order valence-corrected chi connectivity index (χ4v) is 2.05. The van der Waals surface area contributed by atoms with Gasteiger partial charge in [-0.3, -0.25) is 0 Å². The Balaban J connectivity index is 2.33. The van der Waals surface area contributed by atoms with Crippen LogP contribution in [0.1, 0.15) is 16.4 Å². The van der Waals surface area contributed by atoms with Gasteiger partial charge in [-0.05, 0) is 5.56 Å². The smallest absolute Gasteiger partial charge is 0.104 e. The van der Waals surface area contributed by atoms with Gasteiger partial charge >= 0.3 is 0 Å². The topological polar surface area (TPSA) is 32.6 Å². The van der Waals surface area contributed by atoms with E-state index in [1.165, 1.54) is 0 Å². The lowest BCUT2D eigenvalue weighted by molar-refractivity contribution is 0.318. The second kappa shape index (κ2) is 5.55. The Morgan fingerprint density at radius 3 is 2.00 bits per heavy atom. The van der Waals surface area contributed by atoms with Crippen LogP contribution in [-0.4, -0.2) is 10.9 Å². The predicted octanol–water partition coefficient (Wildman–Crippen LogP) is 3.54. The first kappa shape index (κ1) is 11.7. The first-order valence-corrected chi connectivity index (χ1v) is 5.85. The van der Waals surface area contributed by atoms with Crippen LogP contribution < -0.4 is 0 Å². The standard InChI is InChI=1S/C14H13NOS/c16-15-13(11-7-3-1-4-8-11)14(17)12-9-5-2-6-10-12/h1-10,14,16-17H/b15-13+. The molecule has 0 aromatic heterocycles. The predicted molar refractivity (Wildman–Crippen MR) is 72.9 cm³/mol. The van der Waals surface area contributed by atoms with Crippen LogP contribution in [-0.2, 0) is 0 Å². The van der Waals surface area contributed by atoms with Gasteiger partial charge in [0, 0.05) is 5.56 Å². The van der Waals surface area contributed by atoms with Crippen molar-refractivity contribution in [2.45, 2.75) is 5.25 Å². The van der Waals surface area contributed by atoms with Gasteiger partial charge in [-0.1, -0.05) is 65.8 Å². The number of nitrogens with zero attached hydrogens (tertiary/aromatic N) is 1. The molecule has 86 valence electrons. The highest BCUT2D eigenvalue weighted by atomic mass is 32.1. The maximum absolute atomic E-state index is 9.15. The van der Waals surface area contributed by atoms with E-state index in [0.717, 1.165) is 11.1 Å². The monoisotopic (exact) mass is 243 g/mol. The van der Waals surface area contributed by atoms with E-state index < -0.39 is 0 Å². The minimum absolute atomic E-state index is 0.233. The number of hydrogen-bond donors (Lipinski definition) is 2. The Bertz CT molecular complexity index is 496. The second-order valence-electron chi connectivity index (χ2n) is 3.66. The van der Waals surface area contributed by atoms with E-state index in [9.17, 15) is 0 Å². The minimum Gasteiger partial charge on any atom is -0.411 e. The van der Waals surface area contributed by atoms with Crippen LogP contribution in [0, 0.1) is 0 Å². The third-order valence-corrected chi connectivity index (χ3v) is 3.09. The van der Waals surface area contributed by atoms with Crippen molar-refractivity contribution in [2.75, 3.05) is 0 Å². The average Bonchev–Trinajstić information content (AvgIpc) is 2.42. The molecule has 3 heteroatoms. The minimum atomic E-state index is -0.233. The maximum atomic E-state index is 9.15.